The number of anilines is 1. The third kappa shape index (κ3) is 6.24. The van der Waals surface area contributed by atoms with E-state index in [2.05, 4.69) is 34.3 Å². The number of likely N-dealkylation sites (tertiary alicyclic amines) is 1. The van der Waals surface area contributed by atoms with Crippen LogP contribution in [0.2, 0.25) is 0 Å². The van der Waals surface area contributed by atoms with E-state index in [1.165, 1.54) is 29.7 Å². The summed E-state index contributed by atoms with van der Waals surface area (Å²) in [5, 5.41) is 3.52. The van der Waals surface area contributed by atoms with Crippen LogP contribution in [0.25, 0.3) is 10.2 Å². The standard InChI is InChI=1S/C27H35N3O4S/c1-5-32-22-15-20(16-23(33-6-2)25(22)34-7-3)26(31)29-27-28-21-9-8-19(14-24(21)35-27)17-30-12-10-18(4)11-13-30/h8-9,14-16,18H,5-7,10-13,17H2,1-4H3,(H,28,29,31). The highest BCUT2D eigenvalue weighted by Crippen LogP contribution is 2.39. The number of benzene rings is 2. The van der Waals surface area contributed by atoms with Gasteiger partial charge in [-0.1, -0.05) is 24.3 Å². The molecule has 0 aliphatic carbocycles. The number of nitrogens with one attached hydrogen (secondary N) is 1. The van der Waals surface area contributed by atoms with Gasteiger partial charge >= 0.3 is 0 Å². The Morgan fingerprint density at radius 1 is 1.03 bits per heavy atom. The summed E-state index contributed by atoms with van der Waals surface area (Å²) in [5.74, 6) is 2.06. The zero-order valence-corrected chi connectivity index (χ0v) is 21.9. The second kappa shape index (κ2) is 11.7. The predicted octanol–water partition coefficient (Wildman–Crippen LogP) is 5.98. The number of carbonyl (C=O) groups excluding carboxylic acids is 1. The average molecular weight is 498 g/mol. The molecule has 7 nitrogen and oxygen atoms in total. The molecule has 1 fully saturated rings. The molecular formula is C27H35N3O4S. The molecule has 35 heavy (non-hydrogen) atoms. The molecule has 3 aromatic rings. The molecule has 0 atom stereocenters. The summed E-state index contributed by atoms with van der Waals surface area (Å²) in [6.07, 6.45) is 2.53. The topological polar surface area (TPSA) is 72.9 Å². The zero-order chi connectivity index (χ0) is 24.8. The largest absolute Gasteiger partial charge is 0.490 e. The Balaban J connectivity index is 1.51. The van der Waals surface area contributed by atoms with Gasteiger partial charge < -0.3 is 14.2 Å². The number of aromatic nitrogens is 1. The van der Waals surface area contributed by atoms with Crippen LogP contribution in [0.1, 0.15) is 56.5 Å². The predicted molar refractivity (Wildman–Crippen MR) is 141 cm³/mol. The summed E-state index contributed by atoms with van der Waals surface area (Å²) in [5.41, 5.74) is 2.60. The lowest BCUT2D eigenvalue weighted by molar-refractivity contribution is 0.102. The minimum absolute atomic E-state index is 0.267. The number of thiazole rings is 1. The molecule has 2 heterocycles. The number of nitrogens with zero attached hydrogens (tertiary/aromatic N) is 2. The number of rotatable bonds is 10. The molecule has 1 saturated heterocycles. The monoisotopic (exact) mass is 497 g/mol. The summed E-state index contributed by atoms with van der Waals surface area (Å²) < 4.78 is 18.3. The number of hydrogen-bond acceptors (Lipinski definition) is 7. The zero-order valence-electron chi connectivity index (χ0n) is 21.1. The maximum atomic E-state index is 13.1. The first kappa shape index (κ1) is 25.3. The molecule has 2 aromatic carbocycles. The van der Waals surface area contributed by atoms with Gasteiger partial charge in [-0.25, -0.2) is 4.98 Å². The Labute approximate surface area is 211 Å². The summed E-state index contributed by atoms with van der Waals surface area (Å²) in [6.45, 7) is 12.6. The normalized spacial score (nSPS) is 14.7. The Bertz CT molecular complexity index is 1130. The molecule has 4 rings (SSSR count). The number of carbonyl (C=O) groups is 1. The van der Waals surface area contributed by atoms with Gasteiger partial charge in [0.15, 0.2) is 16.6 Å². The molecule has 0 bridgehead atoms. The summed E-state index contributed by atoms with van der Waals surface area (Å²) >= 11 is 1.49. The van der Waals surface area contributed by atoms with Gasteiger partial charge in [-0.15, -0.1) is 0 Å². The second-order valence-electron chi connectivity index (χ2n) is 8.83. The molecule has 0 unspecified atom stereocenters. The van der Waals surface area contributed by atoms with E-state index >= 15 is 0 Å². The molecule has 0 spiro atoms. The highest BCUT2D eigenvalue weighted by molar-refractivity contribution is 7.22. The van der Waals surface area contributed by atoms with Crippen molar-refractivity contribution in [3.8, 4) is 17.2 Å². The first-order valence-electron chi connectivity index (χ1n) is 12.5. The van der Waals surface area contributed by atoms with Crippen molar-refractivity contribution in [3.05, 3.63) is 41.5 Å². The SMILES string of the molecule is CCOc1cc(C(=O)Nc2nc3ccc(CN4CCC(C)CC4)cc3s2)cc(OCC)c1OCC. The van der Waals surface area contributed by atoms with Crippen LogP contribution in [0, 0.1) is 5.92 Å². The van der Waals surface area contributed by atoms with E-state index < -0.39 is 0 Å². The van der Waals surface area contributed by atoms with E-state index in [9.17, 15) is 4.79 Å². The summed E-state index contributed by atoms with van der Waals surface area (Å²) in [7, 11) is 0. The van der Waals surface area contributed by atoms with Crippen LogP contribution in [0.4, 0.5) is 5.13 Å². The van der Waals surface area contributed by atoms with Crippen LogP contribution in [0.15, 0.2) is 30.3 Å². The maximum absolute atomic E-state index is 13.1. The summed E-state index contributed by atoms with van der Waals surface area (Å²) in [6, 6.07) is 9.76. The fraction of sp³-hybridized carbons (Fsp3) is 0.481. The van der Waals surface area contributed by atoms with Crippen molar-refractivity contribution in [3.63, 3.8) is 0 Å². The number of ether oxygens (including phenoxy) is 3. The van der Waals surface area contributed by atoms with E-state index in [-0.39, 0.29) is 5.91 Å². The molecule has 0 saturated carbocycles. The highest BCUT2D eigenvalue weighted by atomic mass is 32.1. The Morgan fingerprint density at radius 2 is 1.69 bits per heavy atom. The minimum atomic E-state index is -0.267. The van der Waals surface area contributed by atoms with Gasteiger partial charge in [-0.2, -0.15) is 0 Å². The molecule has 1 aliphatic rings. The molecule has 188 valence electrons. The van der Waals surface area contributed by atoms with E-state index in [4.69, 9.17) is 14.2 Å². The number of piperidine rings is 1. The molecule has 1 N–H and O–H groups in total. The first-order chi connectivity index (χ1) is 17.0. The van der Waals surface area contributed by atoms with Gasteiger partial charge in [0.25, 0.3) is 5.91 Å². The quantitative estimate of drug-likeness (QED) is 0.372. The van der Waals surface area contributed by atoms with Gasteiger partial charge in [0.1, 0.15) is 0 Å². The van der Waals surface area contributed by atoms with E-state index in [0.717, 1.165) is 35.8 Å². The lowest BCUT2D eigenvalue weighted by Crippen LogP contribution is -2.32. The van der Waals surface area contributed by atoms with Gasteiger partial charge in [0.2, 0.25) is 5.75 Å². The fourth-order valence-corrected chi connectivity index (χ4v) is 5.21. The van der Waals surface area contributed by atoms with Crippen molar-refractivity contribution in [2.75, 3.05) is 38.2 Å². The van der Waals surface area contributed by atoms with Crippen molar-refractivity contribution in [1.82, 2.24) is 9.88 Å². The van der Waals surface area contributed by atoms with E-state index in [1.54, 1.807) is 12.1 Å². The van der Waals surface area contributed by atoms with Gasteiger partial charge in [0, 0.05) is 12.1 Å². The average Bonchev–Trinajstić information content (AvgIpc) is 3.24. The Kier molecular flexibility index (Phi) is 8.46. The van der Waals surface area contributed by atoms with Crippen molar-refractivity contribution < 1.29 is 19.0 Å². The van der Waals surface area contributed by atoms with Crippen LogP contribution in [0.3, 0.4) is 0 Å². The molecule has 1 amide bonds. The van der Waals surface area contributed by atoms with Crippen LogP contribution in [-0.4, -0.2) is 48.7 Å². The number of amides is 1. The van der Waals surface area contributed by atoms with Crippen molar-refractivity contribution in [2.45, 2.75) is 47.1 Å². The third-order valence-corrected chi connectivity index (χ3v) is 7.06. The number of hydrogen-bond donors (Lipinski definition) is 1. The van der Waals surface area contributed by atoms with Crippen LogP contribution in [0.5, 0.6) is 17.2 Å². The van der Waals surface area contributed by atoms with Gasteiger partial charge in [-0.3, -0.25) is 15.0 Å². The van der Waals surface area contributed by atoms with Crippen molar-refractivity contribution >= 4 is 32.6 Å². The molecule has 0 radical (unpaired) electrons. The van der Waals surface area contributed by atoms with Crippen molar-refractivity contribution in [1.29, 1.82) is 0 Å². The first-order valence-corrected chi connectivity index (χ1v) is 13.3. The third-order valence-electron chi connectivity index (χ3n) is 6.13. The van der Waals surface area contributed by atoms with Gasteiger partial charge in [0.05, 0.1) is 30.0 Å². The molecule has 8 heteroatoms. The molecule has 1 aromatic heterocycles. The van der Waals surface area contributed by atoms with Crippen LogP contribution < -0.4 is 19.5 Å². The smallest absolute Gasteiger partial charge is 0.257 e. The molecular weight excluding hydrogens is 462 g/mol. The summed E-state index contributed by atoms with van der Waals surface area (Å²) in [4.78, 5) is 20.3. The van der Waals surface area contributed by atoms with Crippen LogP contribution >= 0.6 is 11.3 Å². The van der Waals surface area contributed by atoms with Crippen LogP contribution in [-0.2, 0) is 6.54 Å². The maximum Gasteiger partial charge on any atom is 0.257 e. The Hall–Kier alpha value is -2.84. The van der Waals surface area contributed by atoms with E-state index in [0.29, 0.717) is 47.8 Å². The Morgan fingerprint density at radius 3 is 2.31 bits per heavy atom. The van der Waals surface area contributed by atoms with Crippen molar-refractivity contribution in [2.24, 2.45) is 5.92 Å². The highest BCUT2D eigenvalue weighted by Gasteiger charge is 2.20. The van der Waals surface area contributed by atoms with Gasteiger partial charge in [-0.05, 0) is 82.4 Å². The van der Waals surface area contributed by atoms with E-state index in [1.807, 2.05) is 26.8 Å². The minimum Gasteiger partial charge on any atom is -0.490 e. The fourth-order valence-electron chi connectivity index (χ4n) is 4.29. The number of fused-ring (bicyclic) bond motifs is 1. The lowest BCUT2D eigenvalue weighted by atomic mass is 9.99. The molecule has 1 aliphatic heterocycles. The second-order valence-corrected chi connectivity index (χ2v) is 9.87. The lowest BCUT2D eigenvalue weighted by Gasteiger charge is -2.30.